The third-order valence-corrected chi connectivity index (χ3v) is 4.15. The first-order valence-electron chi connectivity index (χ1n) is 7.64. The van der Waals surface area contributed by atoms with Gasteiger partial charge in [-0.15, -0.1) is 0 Å². The van der Waals surface area contributed by atoms with Crippen LogP contribution in [0.1, 0.15) is 17.1 Å². The van der Waals surface area contributed by atoms with E-state index in [9.17, 15) is 13.6 Å². The highest BCUT2D eigenvalue weighted by atomic mass is 79.9. The van der Waals surface area contributed by atoms with Crippen LogP contribution in [0.2, 0.25) is 0 Å². The van der Waals surface area contributed by atoms with Crippen molar-refractivity contribution in [1.29, 1.82) is 0 Å². The van der Waals surface area contributed by atoms with Crippen LogP contribution >= 0.6 is 15.9 Å². The van der Waals surface area contributed by atoms with Crippen molar-refractivity contribution in [2.24, 2.45) is 0 Å². The summed E-state index contributed by atoms with van der Waals surface area (Å²) < 4.78 is 34.2. The molecule has 0 aliphatic heterocycles. The predicted molar refractivity (Wildman–Crippen MR) is 95.5 cm³/mol. The highest BCUT2D eigenvalue weighted by molar-refractivity contribution is 9.10. The van der Waals surface area contributed by atoms with Crippen molar-refractivity contribution < 1.29 is 13.5 Å². The van der Waals surface area contributed by atoms with Gasteiger partial charge in [-0.2, -0.15) is 0 Å². The molecule has 0 N–H and O–H groups in total. The molecule has 3 aromatic rings. The number of hydrogen-bond acceptors (Lipinski definition) is 4. The van der Waals surface area contributed by atoms with Gasteiger partial charge in [0.15, 0.2) is 5.82 Å². The van der Waals surface area contributed by atoms with Crippen LogP contribution in [0.4, 0.5) is 8.78 Å². The first kappa shape index (κ1) is 18.2. The molecule has 5 nitrogen and oxygen atoms in total. The molecule has 8 heteroatoms. The van der Waals surface area contributed by atoms with Crippen LogP contribution < -0.4 is 10.3 Å². The van der Waals surface area contributed by atoms with Crippen molar-refractivity contribution in [2.75, 3.05) is 0 Å². The maximum Gasteiger partial charge on any atom is 0.259 e. The molecule has 0 aliphatic rings. The Labute approximate surface area is 156 Å². The Morgan fingerprint density at radius 3 is 2.58 bits per heavy atom. The van der Waals surface area contributed by atoms with Gasteiger partial charge in [-0.3, -0.25) is 19.3 Å². The van der Waals surface area contributed by atoms with E-state index in [1.165, 1.54) is 10.6 Å². The molecular weight excluding hydrogens is 408 g/mol. The largest absolute Gasteiger partial charge is 0.487 e. The van der Waals surface area contributed by atoms with E-state index < -0.39 is 11.6 Å². The van der Waals surface area contributed by atoms with Gasteiger partial charge in [-0.1, -0.05) is 0 Å². The maximum absolute atomic E-state index is 13.6. The molecule has 134 valence electrons. The van der Waals surface area contributed by atoms with Gasteiger partial charge in [0.05, 0.1) is 17.6 Å². The van der Waals surface area contributed by atoms with Crippen molar-refractivity contribution in [3.05, 3.63) is 80.2 Å². The second kappa shape index (κ2) is 7.33. The summed E-state index contributed by atoms with van der Waals surface area (Å²) in [5, 5.41) is 0. The average molecular weight is 422 g/mol. The zero-order valence-electron chi connectivity index (χ0n) is 14.0. The minimum atomic E-state index is -0.800. The Kier molecular flexibility index (Phi) is 5.13. The van der Waals surface area contributed by atoms with E-state index in [2.05, 4.69) is 25.9 Å². The summed E-state index contributed by atoms with van der Waals surface area (Å²) in [6.07, 6.45) is 2.56. The average Bonchev–Trinajstić information content (AvgIpc) is 2.56. The van der Waals surface area contributed by atoms with Gasteiger partial charge < -0.3 is 4.74 Å². The van der Waals surface area contributed by atoms with E-state index in [1.54, 1.807) is 32.2 Å². The zero-order valence-corrected chi connectivity index (χ0v) is 15.5. The molecule has 3 heterocycles. The lowest BCUT2D eigenvalue weighted by Gasteiger charge is -2.14. The summed E-state index contributed by atoms with van der Waals surface area (Å²) in [5.41, 5.74) is 1.63. The number of pyridine rings is 3. The van der Waals surface area contributed by atoms with Crippen LogP contribution in [0.15, 0.2) is 45.9 Å². The van der Waals surface area contributed by atoms with Crippen LogP contribution in [-0.2, 0) is 6.61 Å². The van der Waals surface area contributed by atoms with Gasteiger partial charge in [-0.25, -0.2) is 8.78 Å². The molecular formula is C18H14BrF2N3O2. The topological polar surface area (TPSA) is 57.0 Å². The summed E-state index contributed by atoms with van der Waals surface area (Å²) in [6, 6.07) is 5.49. The molecule has 0 aliphatic carbocycles. The van der Waals surface area contributed by atoms with Crippen molar-refractivity contribution in [1.82, 2.24) is 14.5 Å². The summed E-state index contributed by atoms with van der Waals surface area (Å²) in [4.78, 5) is 20.4. The molecule has 0 fully saturated rings. The molecule has 0 atom stereocenters. The van der Waals surface area contributed by atoms with Crippen molar-refractivity contribution in [3.8, 4) is 11.4 Å². The number of hydrogen-bond donors (Lipinski definition) is 0. The quantitative estimate of drug-likeness (QED) is 0.641. The highest BCUT2D eigenvalue weighted by Gasteiger charge is 2.12. The third kappa shape index (κ3) is 3.80. The number of aromatic nitrogens is 3. The molecule has 0 bridgehead atoms. The fourth-order valence-corrected chi connectivity index (χ4v) is 2.81. The Morgan fingerprint density at radius 1 is 1.12 bits per heavy atom. The van der Waals surface area contributed by atoms with E-state index in [0.717, 1.165) is 16.7 Å². The van der Waals surface area contributed by atoms with Crippen LogP contribution in [0.25, 0.3) is 5.69 Å². The second-order valence-corrected chi connectivity index (χ2v) is 6.55. The first-order valence-corrected chi connectivity index (χ1v) is 8.43. The van der Waals surface area contributed by atoms with Crippen molar-refractivity contribution in [2.45, 2.75) is 20.5 Å². The monoisotopic (exact) mass is 421 g/mol. The molecule has 0 unspecified atom stereocenters. The summed E-state index contributed by atoms with van der Waals surface area (Å²) in [6.45, 7) is 3.35. The normalized spacial score (nSPS) is 10.8. The van der Waals surface area contributed by atoms with Crippen LogP contribution in [0, 0.1) is 25.5 Å². The number of ether oxygens (including phenoxy) is 1. The molecule has 0 aromatic carbocycles. The Morgan fingerprint density at radius 2 is 1.88 bits per heavy atom. The highest BCUT2D eigenvalue weighted by Crippen LogP contribution is 2.20. The molecule has 0 spiro atoms. The molecule has 0 amide bonds. The summed E-state index contributed by atoms with van der Waals surface area (Å²) in [7, 11) is 0. The van der Waals surface area contributed by atoms with Crippen LogP contribution in [-0.4, -0.2) is 14.5 Å². The molecule has 3 aromatic heterocycles. The minimum absolute atomic E-state index is 0.0414. The van der Waals surface area contributed by atoms with Crippen molar-refractivity contribution in [3.63, 3.8) is 0 Å². The number of rotatable bonds is 4. The van der Waals surface area contributed by atoms with Crippen LogP contribution in [0.3, 0.4) is 0 Å². The second-order valence-electron chi connectivity index (χ2n) is 5.63. The first-order chi connectivity index (χ1) is 12.3. The Bertz CT molecular complexity index is 1040. The predicted octanol–water partition coefficient (Wildman–Crippen LogP) is 3.86. The maximum atomic E-state index is 13.6. The molecule has 0 saturated carbocycles. The summed E-state index contributed by atoms with van der Waals surface area (Å²) >= 11 is 3.35. The Balaban J connectivity index is 1.90. The van der Waals surface area contributed by atoms with E-state index in [0.29, 0.717) is 17.1 Å². The number of aryl methyl sites for hydroxylation is 2. The van der Waals surface area contributed by atoms with E-state index in [1.807, 2.05) is 0 Å². The van der Waals surface area contributed by atoms with Gasteiger partial charge in [0.1, 0.15) is 23.9 Å². The lowest BCUT2D eigenvalue weighted by Crippen LogP contribution is -2.21. The van der Waals surface area contributed by atoms with E-state index in [4.69, 9.17) is 4.74 Å². The number of nitrogens with zero attached hydrogens (tertiary/aromatic N) is 3. The zero-order chi connectivity index (χ0) is 18.8. The standard InChI is InChI=1S/C18H14BrF2N3O2/c1-10-3-14(26-9-16-15(21)5-13(20)8-23-16)6-18(25)24(10)17-4-12(19)7-22-11(17)2/h3-8H,9H2,1-2H3. The van der Waals surface area contributed by atoms with Gasteiger partial charge in [0.25, 0.3) is 5.56 Å². The fourth-order valence-electron chi connectivity index (χ4n) is 2.49. The molecule has 26 heavy (non-hydrogen) atoms. The minimum Gasteiger partial charge on any atom is -0.487 e. The van der Waals surface area contributed by atoms with Gasteiger partial charge in [0.2, 0.25) is 0 Å². The lowest BCUT2D eigenvalue weighted by atomic mass is 10.2. The van der Waals surface area contributed by atoms with Crippen molar-refractivity contribution >= 4 is 15.9 Å². The molecule has 0 saturated heterocycles. The lowest BCUT2D eigenvalue weighted by molar-refractivity contribution is 0.292. The summed E-state index contributed by atoms with van der Waals surface area (Å²) in [5.74, 6) is -1.29. The smallest absolute Gasteiger partial charge is 0.259 e. The molecule has 0 radical (unpaired) electrons. The van der Waals surface area contributed by atoms with E-state index in [-0.39, 0.29) is 23.6 Å². The number of halogens is 3. The fraction of sp³-hybridized carbons (Fsp3) is 0.167. The Hall–Kier alpha value is -2.61. The van der Waals surface area contributed by atoms with Gasteiger partial charge in [0, 0.05) is 34.6 Å². The van der Waals surface area contributed by atoms with Gasteiger partial charge >= 0.3 is 0 Å². The molecule has 3 rings (SSSR count). The third-order valence-electron chi connectivity index (χ3n) is 3.72. The van der Waals surface area contributed by atoms with Crippen LogP contribution in [0.5, 0.6) is 5.75 Å². The van der Waals surface area contributed by atoms with Gasteiger partial charge in [-0.05, 0) is 35.8 Å². The van der Waals surface area contributed by atoms with E-state index >= 15 is 0 Å². The SMILES string of the molecule is Cc1ncc(Br)cc1-n1c(C)cc(OCc2ncc(F)cc2F)cc1=O.